The van der Waals surface area contributed by atoms with Crippen molar-refractivity contribution < 1.29 is 32.6 Å². The fraction of sp³-hybridized carbons (Fsp3) is 0.556. The second-order valence-electron chi connectivity index (χ2n) is 6.80. The normalized spacial score (nSPS) is 19.5. The zero-order chi connectivity index (χ0) is 20.7. The van der Waals surface area contributed by atoms with Gasteiger partial charge in [-0.15, -0.1) is 0 Å². The number of rotatable bonds is 3. The van der Waals surface area contributed by atoms with Crippen molar-refractivity contribution in [2.75, 3.05) is 26.2 Å². The van der Waals surface area contributed by atoms with Crippen LogP contribution in [0.3, 0.4) is 0 Å². The van der Waals surface area contributed by atoms with Gasteiger partial charge in [0.05, 0.1) is 4.90 Å². The van der Waals surface area contributed by atoms with E-state index in [0.717, 1.165) is 13.1 Å². The Morgan fingerprint density at radius 3 is 1.86 bits per heavy atom. The molecule has 0 spiro atoms. The van der Waals surface area contributed by atoms with E-state index in [1.807, 2.05) is 0 Å². The van der Waals surface area contributed by atoms with Gasteiger partial charge in [-0.25, -0.2) is 22.4 Å². The van der Waals surface area contributed by atoms with E-state index >= 15 is 0 Å². The van der Waals surface area contributed by atoms with Crippen LogP contribution in [0.25, 0.3) is 0 Å². The maximum atomic E-state index is 13.0. The summed E-state index contributed by atoms with van der Waals surface area (Å²) < 4.78 is 39.6. The Hall–Kier alpha value is -2.04. The summed E-state index contributed by atoms with van der Waals surface area (Å²) in [5.74, 6) is -4.06. The lowest BCUT2D eigenvalue weighted by atomic mass is 9.94. The van der Waals surface area contributed by atoms with Crippen LogP contribution in [-0.2, 0) is 19.6 Å². The van der Waals surface area contributed by atoms with E-state index in [4.69, 9.17) is 19.8 Å². The Morgan fingerprint density at radius 1 is 0.893 bits per heavy atom. The fourth-order valence-corrected chi connectivity index (χ4v) is 4.93. The van der Waals surface area contributed by atoms with E-state index in [1.54, 1.807) is 0 Å². The van der Waals surface area contributed by atoms with Crippen LogP contribution in [0.5, 0.6) is 0 Å². The zero-order valence-corrected chi connectivity index (χ0v) is 16.3. The Balaban J connectivity index is 0.000000409. The third-order valence-corrected chi connectivity index (χ3v) is 6.91. The van der Waals surface area contributed by atoms with Gasteiger partial charge in [0.2, 0.25) is 10.0 Å². The molecular formula is C18H25FN2O6S. The molecule has 2 N–H and O–H groups in total. The summed E-state index contributed by atoms with van der Waals surface area (Å²) in [6.45, 7) is 2.64. The van der Waals surface area contributed by atoms with Crippen LogP contribution in [0.15, 0.2) is 29.2 Å². The summed E-state index contributed by atoms with van der Waals surface area (Å²) >= 11 is 0. The van der Waals surface area contributed by atoms with E-state index in [-0.39, 0.29) is 4.90 Å². The van der Waals surface area contributed by atoms with Gasteiger partial charge in [0.15, 0.2) is 0 Å². The molecule has 1 heterocycles. The molecular weight excluding hydrogens is 391 g/mol. The van der Waals surface area contributed by atoms with Gasteiger partial charge < -0.3 is 10.2 Å². The summed E-state index contributed by atoms with van der Waals surface area (Å²) in [6.07, 6.45) is 6.39. The van der Waals surface area contributed by atoms with E-state index in [9.17, 15) is 12.8 Å². The number of nitrogens with zero attached hydrogens (tertiary/aromatic N) is 2. The number of carboxylic acids is 2. The summed E-state index contributed by atoms with van der Waals surface area (Å²) in [5.41, 5.74) is 0. The lowest BCUT2D eigenvalue weighted by Crippen LogP contribution is -2.52. The van der Waals surface area contributed by atoms with E-state index < -0.39 is 27.8 Å². The maximum Gasteiger partial charge on any atom is 0.414 e. The van der Waals surface area contributed by atoms with E-state index in [0.29, 0.717) is 19.1 Å². The Labute approximate surface area is 163 Å². The predicted molar refractivity (Wildman–Crippen MR) is 98.9 cm³/mol. The Kier molecular flexibility index (Phi) is 7.90. The molecule has 0 atom stereocenters. The predicted octanol–water partition coefficient (Wildman–Crippen LogP) is 1.62. The van der Waals surface area contributed by atoms with Gasteiger partial charge >= 0.3 is 11.9 Å². The second-order valence-corrected chi connectivity index (χ2v) is 8.73. The van der Waals surface area contributed by atoms with Gasteiger partial charge in [0.25, 0.3) is 0 Å². The molecule has 0 amide bonds. The molecule has 10 heteroatoms. The maximum absolute atomic E-state index is 13.0. The summed E-state index contributed by atoms with van der Waals surface area (Å²) in [7, 11) is -3.49. The molecule has 0 unspecified atom stereocenters. The van der Waals surface area contributed by atoms with Crippen molar-refractivity contribution in [2.24, 2.45) is 0 Å². The van der Waals surface area contributed by atoms with Crippen LogP contribution in [0.1, 0.15) is 32.1 Å². The van der Waals surface area contributed by atoms with Crippen LogP contribution < -0.4 is 0 Å². The van der Waals surface area contributed by atoms with Crippen molar-refractivity contribution in [3.05, 3.63) is 30.1 Å². The average Bonchev–Trinajstić information content (AvgIpc) is 2.69. The minimum atomic E-state index is -3.49. The standard InChI is InChI=1S/C16H23FN2O2S.C2H2O4/c17-14-6-8-16(9-7-14)22(20,21)19-12-10-18(11-13-19)15-4-2-1-3-5-15;3-1(4)2(5)6/h6-9,15H,1-5,10-13H2;(H,3,4)(H,5,6). The van der Waals surface area contributed by atoms with Crippen LogP contribution >= 0.6 is 0 Å². The molecule has 2 aliphatic rings. The molecule has 1 saturated carbocycles. The second kappa shape index (κ2) is 9.94. The van der Waals surface area contributed by atoms with E-state index in [1.165, 1.54) is 60.7 Å². The lowest BCUT2D eigenvalue weighted by molar-refractivity contribution is -0.159. The van der Waals surface area contributed by atoms with Gasteiger partial charge in [-0.3, -0.25) is 4.90 Å². The van der Waals surface area contributed by atoms with Crippen LogP contribution in [0.4, 0.5) is 4.39 Å². The van der Waals surface area contributed by atoms with Crippen molar-refractivity contribution in [3.63, 3.8) is 0 Å². The van der Waals surface area contributed by atoms with Crippen LogP contribution in [0.2, 0.25) is 0 Å². The number of carbonyl (C=O) groups is 2. The highest BCUT2D eigenvalue weighted by Gasteiger charge is 2.31. The molecule has 1 aromatic carbocycles. The highest BCUT2D eigenvalue weighted by Crippen LogP contribution is 2.25. The first-order chi connectivity index (χ1) is 13.2. The van der Waals surface area contributed by atoms with Crippen molar-refractivity contribution in [2.45, 2.75) is 43.0 Å². The molecule has 0 radical (unpaired) electrons. The molecule has 2 fully saturated rings. The molecule has 1 aliphatic carbocycles. The summed E-state index contributed by atoms with van der Waals surface area (Å²) in [6, 6.07) is 5.72. The summed E-state index contributed by atoms with van der Waals surface area (Å²) in [5, 5.41) is 14.8. The number of hydrogen-bond donors (Lipinski definition) is 2. The molecule has 1 aliphatic heterocycles. The SMILES string of the molecule is O=C(O)C(=O)O.O=S(=O)(c1ccc(F)cc1)N1CCN(C2CCCCC2)CC1. The topological polar surface area (TPSA) is 115 Å². The molecule has 8 nitrogen and oxygen atoms in total. The number of halogens is 1. The first-order valence-electron chi connectivity index (χ1n) is 9.18. The number of hydrogen-bond acceptors (Lipinski definition) is 5. The third-order valence-electron chi connectivity index (χ3n) is 5.00. The van der Waals surface area contributed by atoms with Gasteiger partial charge in [-0.2, -0.15) is 4.31 Å². The molecule has 1 saturated heterocycles. The fourth-order valence-electron chi connectivity index (χ4n) is 3.51. The Bertz CT molecular complexity index is 758. The number of piperazine rings is 1. The van der Waals surface area contributed by atoms with Crippen molar-refractivity contribution in [1.29, 1.82) is 0 Å². The smallest absolute Gasteiger partial charge is 0.414 e. The molecule has 3 rings (SSSR count). The highest BCUT2D eigenvalue weighted by molar-refractivity contribution is 7.89. The number of benzene rings is 1. The van der Waals surface area contributed by atoms with Gasteiger partial charge in [-0.1, -0.05) is 19.3 Å². The first-order valence-corrected chi connectivity index (χ1v) is 10.6. The van der Waals surface area contributed by atoms with Gasteiger partial charge in [0.1, 0.15) is 5.82 Å². The zero-order valence-electron chi connectivity index (χ0n) is 15.5. The highest BCUT2D eigenvalue weighted by atomic mass is 32.2. The van der Waals surface area contributed by atoms with Gasteiger partial charge in [0, 0.05) is 32.2 Å². The minimum absolute atomic E-state index is 0.181. The molecule has 156 valence electrons. The lowest BCUT2D eigenvalue weighted by Gasteiger charge is -2.40. The number of sulfonamides is 1. The van der Waals surface area contributed by atoms with Crippen molar-refractivity contribution in [3.8, 4) is 0 Å². The molecule has 1 aromatic rings. The monoisotopic (exact) mass is 416 g/mol. The van der Waals surface area contributed by atoms with Crippen LogP contribution in [0, 0.1) is 5.82 Å². The third kappa shape index (κ3) is 5.98. The Morgan fingerprint density at radius 2 is 1.39 bits per heavy atom. The molecule has 28 heavy (non-hydrogen) atoms. The quantitative estimate of drug-likeness (QED) is 0.720. The first kappa shape index (κ1) is 22.3. The van der Waals surface area contributed by atoms with Crippen LogP contribution in [-0.4, -0.2) is 72.0 Å². The number of aliphatic carboxylic acids is 2. The molecule has 0 aromatic heterocycles. The summed E-state index contributed by atoms with van der Waals surface area (Å²) in [4.78, 5) is 20.8. The van der Waals surface area contributed by atoms with Gasteiger partial charge in [-0.05, 0) is 37.1 Å². The molecule has 0 bridgehead atoms. The average molecular weight is 416 g/mol. The van der Waals surface area contributed by atoms with E-state index in [2.05, 4.69) is 4.90 Å². The van der Waals surface area contributed by atoms with Crippen molar-refractivity contribution in [1.82, 2.24) is 9.21 Å². The largest absolute Gasteiger partial charge is 0.473 e. The number of carboxylic acid groups (broad SMARTS) is 2. The minimum Gasteiger partial charge on any atom is -0.473 e. The van der Waals surface area contributed by atoms with Crippen molar-refractivity contribution >= 4 is 22.0 Å².